The number of rotatable bonds is 9. The summed E-state index contributed by atoms with van der Waals surface area (Å²) in [7, 11) is 1.25. The van der Waals surface area contributed by atoms with E-state index in [9.17, 15) is 14.4 Å². The van der Waals surface area contributed by atoms with E-state index < -0.39 is 29.9 Å². The van der Waals surface area contributed by atoms with E-state index in [1.807, 2.05) is 30.3 Å². The Hall–Kier alpha value is -3.20. The highest BCUT2D eigenvalue weighted by molar-refractivity contribution is 5.89. The standard InChI is InChI=1S/C18H23N5O4/c1-27-18(26)15(7-12-5-3-2-4-6-12)23-16(24)10-21-17(25)14(19)8-13-9-20-11-22-13/h2-6,9,11,14-15H,7-8,10,19H2,1H3,(H,20,22)(H,21,25)(H,23,24)/t14-,15+/m0/s1. The highest BCUT2D eigenvalue weighted by atomic mass is 16.5. The summed E-state index contributed by atoms with van der Waals surface area (Å²) in [4.78, 5) is 42.7. The summed E-state index contributed by atoms with van der Waals surface area (Å²) in [5.41, 5.74) is 7.39. The van der Waals surface area contributed by atoms with E-state index in [0.717, 1.165) is 11.3 Å². The van der Waals surface area contributed by atoms with Crippen LogP contribution < -0.4 is 16.4 Å². The fourth-order valence-electron chi connectivity index (χ4n) is 2.46. The molecule has 9 heteroatoms. The maximum absolute atomic E-state index is 12.1. The Balaban J connectivity index is 1.83. The molecular weight excluding hydrogens is 350 g/mol. The lowest BCUT2D eigenvalue weighted by Gasteiger charge is -2.17. The zero-order valence-electron chi connectivity index (χ0n) is 15.0. The number of amides is 2. The van der Waals surface area contributed by atoms with E-state index in [2.05, 4.69) is 20.6 Å². The topological polar surface area (TPSA) is 139 Å². The van der Waals surface area contributed by atoms with Crippen molar-refractivity contribution in [2.45, 2.75) is 24.9 Å². The summed E-state index contributed by atoms with van der Waals surface area (Å²) in [6.07, 6.45) is 3.62. The van der Waals surface area contributed by atoms with Gasteiger partial charge in [-0.25, -0.2) is 9.78 Å². The summed E-state index contributed by atoms with van der Waals surface area (Å²) in [6, 6.07) is 7.56. The quantitative estimate of drug-likeness (QED) is 0.429. The smallest absolute Gasteiger partial charge is 0.328 e. The van der Waals surface area contributed by atoms with Crippen LogP contribution in [0.25, 0.3) is 0 Å². The van der Waals surface area contributed by atoms with Gasteiger partial charge < -0.3 is 26.1 Å². The normalized spacial score (nSPS) is 12.7. The number of hydrogen-bond donors (Lipinski definition) is 4. The SMILES string of the molecule is COC(=O)[C@@H](Cc1ccccc1)NC(=O)CNC(=O)[C@@H](N)Cc1cnc[nH]1. The first-order valence-corrected chi connectivity index (χ1v) is 8.41. The highest BCUT2D eigenvalue weighted by Gasteiger charge is 2.22. The predicted molar refractivity (Wildman–Crippen MR) is 97.4 cm³/mol. The number of methoxy groups -OCH3 is 1. The number of nitrogens with two attached hydrogens (primary N) is 1. The van der Waals surface area contributed by atoms with Crippen molar-refractivity contribution in [3.8, 4) is 0 Å². The second-order valence-electron chi connectivity index (χ2n) is 5.94. The molecule has 0 spiro atoms. The Morgan fingerprint density at radius 3 is 2.59 bits per heavy atom. The first kappa shape index (κ1) is 20.1. The molecule has 0 aliphatic rings. The number of carbonyl (C=O) groups excluding carboxylic acids is 3. The Morgan fingerprint density at radius 1 is 1.22 bits per heavy atom. The van der Waals surface area contributed by atoms with Gasteiger partial charge in [0.15, 0.2) is 0 Å². The van der Waals surface area contributed by atoms with Crippen molar-refractivity contribution in [3.05, 3.63) is 54.1 Å². The van der Waals surface area contributed by atoms with Gasteiger partial charge in [0.05, 0.1) is 26.0 Å². The number of carbonyl (C=O) groups is 3. The molecule has 0 saturated carbocycles. The zero-order chi connectivity index (χ0) is 19.6. The third-order valence-corrected chi connectivity index (χ3v) is 3.86. The molecular formula is C18H23N5O4. The Bertz CT molecular complexity index is 748. The van der Waals surface area contributed by atoms with Crippen LogP contribution in [0, 0.1) is 0 Å². The number of H-pyrrole nitrogens is 1. The van der Waals surface area contributed by atoms with Gasteiger partial charge in [-0.05, 0) is 5.56 Å². The van der Waals surface area contributed by atoms with Crippen molar-refractivity contribution in [1.82, 2.24) is 20.6 Å². The average Bonchev–Trinajstić information content (AvgIpc) is 3.18. The number of aromatic nitrogens is 2. The Labute approximate surface area is 156 Å². The van der Waals surface area contributed by atoms with Crippen molar-refractivity contribution >= 4 is 17.8 Å². The molecule has 0 aliphatic carbocycles. The van der Waals surface area contributed by atoms with Crippen LogP contribution in [0.3, 0.4) is 0 Å². The highest BCUT2D eigenvalue weighted by Crippen LogP contribution is 2.04. The first-order valence-electron chi connectivity index (χ1n) is 8.41. The van der Waals surface area contributed by atoms with Gasteiger partial charge in [-0.2, -0.15) is 0 Å². The van der Waals surface area contributed by atoms with Crippen LogP contribution in [0.2, 0.25) is 0 Å². The van der Waals surface area contributed by atoms with Crippen molar-refractivity contribution in [3.63, 3.8) is 0 Å². The van der Waals surface area contributed by atoms with Crippen molar-refractivity contribution in [1.29, 1.82) is 0 Å². The number of nitrogens with one attached hydrogen (secondary N) is 3. The van der Waals surface area contributed by atoms with E-state index in [-0.39, 0.29) is 19.4 Å². The second kappa shape index (κ2) is 10.1. The predicted octanol–water partition coefficient (Wildman–Crippen LogP) is -0.704. The van der Waals surface area contributed by atoms with Crippen molar-refractivity contribution in [2.75, 3.05) is 13.7 Å². The minimum absolute atomic E-state index is 0.270. The summed E-state index contributed by atoms with van der Waals surface area (Å²) in [5.74, 6) is -1.55. The van der Waals surface area contributed by atoms with Gasteiger partial charge in [0.25, 0.3) is 0 Å². The molecule has 1 aromatic heterocycles. The fraction of sp³-hybridized carbons (Fsp3) is 0.333. The molecule has 1 aromatic carbocycles. The van der Waals surface area contributed by atoms with Gasteiger partial charge in [0, 0.05) is 24.7 Å². The Kier molecular flexibility index (Phi) is 7.50. The molecule has 0 bridgehead atoms. The molecule has 0 aliphatic heterocycles. The summed E-state index contributed by atoms with van der Waals surface area (Å²) in [5, 5.41) is 5.03. The average molecular weight is 373 g/mol. The van der Waals surface area contributed by atoms with Gasteiger partial charge in [0.1, 0.15) is 6.04 Å². The number of ether oxygens (including phenoxy) is 1. The minimum atomic E-state index is -0.847. The number of imidazole rings is 1. The van der Waals surface area contributed by atoms with Gasteiger partial charge in [-0.3, -0.25) is 9.59 Å². The van der Waals surface area contributed by atoms with Crippen LogP contribution in [0.4, 0.5) is 0 Å². The number of nitrogens with zero attached hydrogens (tertiary/aromatic N) is 1. The fourth-order valence-corrected chi connectivity index (χ4v) is 2.46. The van der Waals surface area contributed by atoms with Gasteiger partial charge in [-0.1, -0.05) is 30.3 Å². The maximum Gasteiger partial charge on any atom is 0.328 e. The minimum Gasteiger partial charge on any atom is -0.467 e. The van der Waals surface area contributed by atoms with Crippen molar-refractivity contribution in [2.24, 2.45) is 5.73 Å². The third-order valence-electron chi connectivity index (χ3n) is 3.86. The van der Waals surface area contributed by atoms with E-state index >= 15 is 0 Å². The Morgan fingerprint density at radius 2 is 1.96 bits per heavy atom. The van der Waals surface area contributed by atoms with E-state index in [4.69, 9.17) is 10.5 Å². The second-order valence-corrected chi connectivity index (χ2v) is 5.94. The molecule has 1 heterocycles. The lowest BCUT2D eigenvalue weighted by Crippen LogP contribution is -2.49. The molecule has 2 atom stereocenters. The molecule has 2 aromatic rings. The van der Waals surface area contributed by atoms with E-state index in [0.29, 0.717) is 0 Å². The molecule has 5 N–H and O–H groups in total. The first-order chi connectivity index (χ1) is 13.0. The van der Waals surface area contributed by atoms with Crippen LogP contribution in [0.15, 0.2) is 42.9 Å². The molecule has 0 radical (unpaired) electrons. The molecule has 144 valence electrons. The lowest BCUT2D eigenvalue weighted by molar-refractivity contribution is -0.145. The molecule has 2 rings (SSSR count). The van der Waals surface area contributed by atoms with E-state index in [1.165, 1.54) is 13.4 Å². The molecule has 0 saturated heterocycles. The summed E-state index contributed by atoms with van der Waals surface area (Å²) < 4.78 is 4.74. The van der Waals surface area contributed by atoms with Gasteiger partial charge >= 0.3 is 5.97 Å². The van der Waals surface area contributed by atoms with Gasteiger partial charge in [0.2, 0.25) is 11.8 Å². The largest absolute Gasteiger partial charge is 0.467 e. The van der Waals surface area contributed by atoms with Crippen LogP contribution in [0.5, 0.6) is 0 Å². The summed E-state index contributed by atoms with van der Waals surface area (Å²) >= 11 is 0. The molecule has 2 amide bonds. The number of esters is 1. The number of benzene rings is 1. The van der Waals surface area contributed by atoms with Crippen LogP contribution in [-0.4, -0.2) is 53.5 Å². The van der Waals surface area contributed by atoms with Crippen LogP contribution in [-0.2, 0) is 32.0 Å². The van der Waals surface area contributed by atoms with E-state index in [1.54, 1.807) is 6.20 Å². The molecule has 9 nitrogen and oxygen atoms in total. The molecule has 0 fully saturated rings. The number of aromatic amines is 1. The van der Waals surface area contributed by atoms with Crippen molar-refractivity contribution < 1.29 is 19.1 Å². The molecule has 0 unspecified atom stereocenters. The zero-order valence-corrected chi connectivity index (χ0v) is 15.0. The monoisotopic (exact) mass is 373 g/mol. The van der Waals surface area contributed by atoms with Crippen LogP contribution >= 0.6 is 0 Å². The third kappa shape index (κ3) is 6.55. The van der Waals surface area contributed by atoms with Gasteiger partial charge in [-0.15, -0.1) is 0 Å². The number of hydrogen-bond acceptors (Lipinski definition) is 6. The lowest BCUT2D eigenvalue weighted by atomic mass is 10.1. The summed E-state index contributed by atoms with van der Waals surface area (Å²) in [6.45, 7) is -0.294. The maximum atomic E-state index is 12.1. The molecule has 27 heavy (non-hydrogen) atoms. The van der Waals surface area contributed by atoms with Crippen LogP contribution in [0.1, 0.15) is 11.3 Å².